The zero-order chi connectivity index (χ0) is 14.3. The summed E-state index contributed by atoms with van der Waals surface area (Å²) >= 11 is 1.94. The molecule has 3 nitrogen and oxygen atoms in total. The highest BCUT2D eigenvalue weighted by Gasteiger charge is 2.22. The Kier molecular flexibility index (Phi) is 3.29. The Hall–Kier alpha value is -1.41. The average molecular weight is 401 g/mol. The van der Waals surface area contributed by atoms with Crippen LogP contribution in [0.4, 0.5) is 4.39 Å². The van der Waals surface area contributed by atoms with Crippen molar-refractivity contribution < 1.29 is 12.8 Å². The number of hydrogen-bond donors (Lipinski definition) is 0. The normalized spacial score (nSPS) is 11.9. The molecule has 0 spiro atoms. The molecule has 0 amide bonds. The van der Waals surface area contributed by atoms with Crippen LogP contribution < -0.4 is 0 Å². The molecular formula is C14H9FINO2S. The monoisotopic (exact) mass is 401 g/mol. The molecule has 3 aromatic rings. The maximum atomic E-state index is 13.4. The topological polar surface area (TPSA) is 39.1 Å². The first-order valence-electron chi connectivity index (χ1n) is 5.77. The molecule has 0 aliphatic carbocycles. The van der Waals surface area contributed by atoms with E-state index in [4.69, 9.17) is 0 Å². The van der Waals surface area contributed by atoms with Crippen LogP contribution in [-0.2, 0) is 10.0 Å². The highest BCUT2D eigenvalue weighted by molar-refractivity contribution is 14.1. The minimum Gasteiger partial charge on any atom is -0.228 e. The Morgan fingerprint density at radius 2 is 1.70 bits per heavy atom. The van der Waals surface area contributed by atoms with Crippen molar-refractivity contribution in [2.24, 2.45) is 0 Å². The van der Waals surface area contributed by atoms with Crippen molar-refractivity contribution in [1.29, 1.82) is 0 Å². The lowest BCUT2D eigenvalue weighted by atomic mass is 10.2. The third-order valence-corrected chi connectivity index (χ3v) is 5.82. The maximum Gasteiger partial charge on any atom is 0.269 e. The lowest BCUT2D eigenvalue weighted by Crippen LogP contribution is -2.14. The predicted molar refractivity (Wildman–Crippen MR) is 83.6 cm³/mol. The van der Waals surface area contributed by atoms with E-state index in [0.717, 1.165) is 0 Å². The Morgan fingerprint density at radius 1 is 1.00 bits per heavy atom. The molecule has 1 aromatic heterocycles. The molecule has 102 valence electrons. The number of nitrogens with zero attached hydrogens (tertiary/aromatic N) is 1. The molecule has 0 atom stereocenters. The van der Waals surface area contributed by atoms with E-state index in [1.165, 1.54) is 28.2 Å². The van der Waals surface area contributed by atoms with Crippen molar-refractivity contribution in [3.63, 3.8) is 0 Å². The van der Waals surface area contributed by atoms with E-state index < -0.39 is 15.8 Å². The summed E-state index contributed by atoms with van der Waals surface area (Å²) in [7, 11) is -3.73. The third kappa shape index (κ3) is 2.12. The fourth-order valence-corrected chi connectivity index (χ4v) is 4.84. The van der Waals surface area contributed by atoms with Gasteiger partial charge in [-0.1, -0.05) is 18.2 Å². The van der Waals surface area contributed by atoms with E-state index in [2.05, 4.69) is 0 Å². The van der Waals surface area contributed by atoms with Crippen LogP contribution in [0.15, 0.2) is 59.5 Å². The molecule has 0 saturated carbocycles. The van der Waals surface area contributed by atoms with Gasteiger partial charge in [0.25, 0.3) is 10.0 Å². The number of hydrogen-bond acceptors (Lipinski definition) is 2. The zero-order valence-corrected chi connectivity index (χ0v) is 13.1. The number of fused-ring (bicyclic) bond motifs is 1. The van der Waals surface area contributed by atoms with Gasteiger partial charge < -0.3 is 0 Å². The minimum absolute atomic E-state index is 0.180. The summed E-state index contributed by atoms with van der Waals surface area (Å²) in [4.78, 5) is 0.180. The molecule has 0 aliphatic heterocycles. The summed E-state index contributed by atoms with van der Waals surface area (Å²) in [5, 5.41) is 0.690. The van der Waals surface area contributed by atoms with Crippen molar-refractivity contribution >= 4 is 43.5 Å². The Morgan fingerprint density at radius 3 is 2.40 bits per heavy atom. The Bertz CT molecular complexity index is 888. The van der Waals surface area contributed by atoms with Gasteiger partial charge in [-0.15, -0.1) is 0 Å². The first-order chi connectivity index (χ1) is 9.50. The van der Waals surface area contributed by atoms with E-state index in [1.54, 1.807) is 30.3 Å². The summed E-state index contributed by atoms with van der Waals surface area (Å²) in [6.45, 7) is 0. The number of halogens is 2. The molecule has 3 rings (SSSR count). The molecular weight excluding hydrogens is 392 g/mol. The van der Waals surface area contributed by atoms with Crippen LogP contribution in [0.5, 0.6) is 0 Å². The van der Waals surface area contributed by atoms with E-state index in [-0.39, 0.29) is 4.90 Å². The van der Waals surface area contributed by atoms with Crippen molar-refractivity contribution in [3.05, 3.63) is 64.1 Å². The van der Waals surface area contributed by atoms with Gasteiger partial charge >= 0.3 is 0 Å². The molecule has 0 aliphatic rings. The lowest BCUT2D eigenvalue weighted by Gasteiger charge is -2.09. The van der Waals surface area contributed by atoms with Crippen LogP contribution in [0.25, 0.3) is 10.9 Å². The summed E-state index contributed by atoms with van der Waals surface area (Å²) in [5.41, 5.74) is 0.346. The van der Waals surface area contributed by atoms with E-state index >= 15 is 0 Å². The first-order valence-corrected chi connectivity index (χ1v) is 8.29. The summed E-state index contributed by atoms with van der Waals surface area (Å²) < 4.78 is 40.4. The van der Waals surface area contributed by atoms with Crippen LogP contribution in [0.2, 0.25) is 0 Å². The van der Waals surface area contributed by atoms with Crippen molar-refractivity contribution in [2.45, 2.75) is 4.90 Å². The van der Waals surface area contributed by atoms with Gasteiger partial charge in [-0.25, -0.2) is 16.8 Å². The summed E-state index contributed by atoms with van der Waals surface area (Å²) in [6, 6.07) is 14.0. The zero-order valence-electron chi connectivity index (χ0n) is 10.1. The second-order valence-electron chi connectivity index (χ2n) is 4.25. The SMILES string of the molecule is O=S(=O)(c1ccccc1)n1c(I)cc2ccc(F)cc21. The van der Waals surface area contributed by atoms with Gasteiger partial charge in [0.05, 0.1) is 14.1 Å². The van der Waals surface area contributed by atoms with Gasteiger partial charge in [-0.2, -0.15) is 0 Å². The number of rotatable bonds is 2. The summed E-state index contributed by atoms with van der Waals surface area (Å²) in [6.07, 6.45) is 0. The molecule has 1 heterocycles. The number of aromatic nitrogens is 1. The predicted octanol–water partition coefficient (Wildman–Crippen LogP) is 3.62. The smallest absolute Gasteiger partial charge is 0.228 e. The van der Waals surface area contributed by atoms with Crippen LogP contribution in [-0.4, -0.2) is 12.4 Å². The Balaban J connectivity index is 2.35. The van der Waals surface area contributed by atoms with Gasteiger partial charge in [-0.05, 0) is 59.0 Å². The lowest BCUT2D eigenvalue weighted by molar-refractivity contribution is 0.588. The van der Waals surface area contributed by atoms with E-state index in [1.807, 2.05) is 22.6 Å². The fourth-order valence-electron chi connectivity index (χ4n) is 2.06. The third-order valence-electron chi connectivity index (χ3n) is 2.96. The molecule has 0 saturated heterocycles. The molecule has 2 aromatic carbocycles. The molecule has 0 radical (unpaired) electrons. The molecule has 20 heavy (non-hydrogen) atoms. The average Bonchev–Trinajstić information content (AvgIpc) is 2.75. The van der Waals surface area contributed by atoms with E-state index in [9.17, 15) is 12.8 Å². The first kappa shape index (κ1) is 13.6. The number of benzene rings is 2. The second-order valence-corrected chi connectivity index (χ2v) is 7.14. The van der Waals surface area contributed by atoms with Crippen LogP contribution in [0, 0.1) is 9.52 Å². The van der Waals surface area contributed by atoms with Crippen LogP contribution >= 0.6 is 22.6 Å². The standard InChI is InChI=1S/C14H9FINO2S/c15-11-7-6-10-8-14(16)17(13(10)9-11)20(18,19)12-4-2-1-3-5-12/h1-9H. The molecule has 6 heteroatoms. The largest absolute Gasteiger partial charge is 0.269 e. The molecule has 0 bridgehead atoms. The van der Waals surface area contributed by atoms with Crippen molar-refractivity contribution in [3.8, 4) is 0 Å². The van der Waals surface area contributed by atoms with Gasteiger partial charge in [0, 0.05) is 5.39 Å². The second kappa shape index (κ2) is 4.85. The highest BCUT2D eigenvalue weighted by atomic mass is 127. The van der Waals surface area contributed by atoms with Crippen molar-refractivity contribution in [1.82, 2.24) is 3.97 Å². The van der Waals surface area contributed by atoms with Crippen molar-refractivity contribution in [2.75, 3.05) is 0 Å². The van der Waals surface area contributed by atoms with Gasteiger partial charge in [0.2, 0.25) is 0 Å². The van der Waals surface area contributed by atoms with Crippen LogP contribution in [0.3, 0.4) is 0 Å². The fraction of sp³-hybridized carbons (Fsp3) is 0. The van der Waals surface area contributed by atoms with Gasteiger partial charge in [-0.3, -0.25) is 0 Å². The highest BCUT2D eigenvalue weighted by Crippen LogP contribution is 2.27. The van der Waals surface area contributed by atoms with Crippen LogP contribution in [0.1, 0.15) is 0 Å². The summed E-state index contributed by atoms with van der Waals surface area (Å²) in [5.74, 6) is -0.462. The minimum atomic E-state index is -3.73. The molecule has 0 fully saturated rings. The molecule has 0 unspecified atom stereocenters. The quantitative estimate of drug-likeness (QED) is 0.616. The van der Waals surface area contributed by atoms with Gasteiger partial charge in [0.15, 0.2) is 0 Å². The molecule has 0 N–H and O–H groups in total. The van der Waals surface area contributed by atoms with E-state index in [0.29, 0.717) is 14.6 Å². The van der Waals surface area contributed by atoms with Gasteiger partial charge in [0.1, 0.15) is 5.82 Å². The maximum absolute atomic E-state index is 13.4. The Labute approximate surface area is 129 Å².